The summed E-state index contributed by atoms with van der Waals surface area (Å²) in [7, 11) is 0. The van der Waals surface area contributed by atoms with Crippen LogP contribution in [0.5, 0.6) is 0 Å². The van der Waals surface area contributed by atoms with Crippen LogP contribution in [0.2, 0.25) is 0 Å². The molecule has 0 aliphatic heterocycles. The summed E-state index contributed by atoms with van der Waals surface area (Å²) in [6, 6.07) is 7.22. The van der Waals surface area contributed by atoms with Crippen molar-refractivity contribution in [3.8, 4) is 11.4 Å². The molecule has 0 unspecified atom stereocenters. The molecule has 1 aromatic carbocycles. The van der Waals surface area contributed by atoms with Crippen LogP contribution in [0.15, 0.2) is 33.3 Å². The highest BCUT2D eigenvalue weighted by molar-refractivity contribution is 9.10. The normalized spacial score (nSPS) is 10.2. The Morgan fingerprint density at radius 3 is 2.73 bits per heavy atom. The standard InChI is InChI=1S/C9H5BrN2O3/c10-6-4-2-1-3-5(6)7-11-8(9(13)14)15-12-7/h1-4H,(H,13,14). The molecule has 1 heterocycles. The Labute approximate surface area is 92.9 Å². The minimum Gasteiger partial charge on any atom is -0.474 e. The Morgan fingerprint density at radius 2 is 2.13 bits per heavy atom. The molecule has 1 N–H and O–H groups in total. The van der Waals surface area contributed by atoms with E-state index < -0.39 is 11.9 Å². The van der Waals surface area contributed by atoms with Crippen LogP contribution < -0.4 is 0 Å². The van der Waals surface area contributed by atoms with Crippen molar-refractivity contribution in [2.24, 2.45) is 0 Å². The highest BCUT2D eigenvalue weighted by Crippen LogP contribution is 2.25. The van der Waals surface area contributed by atoms with Gasteiger partial charge >= 0.3 is 11.9 Å². The summed E-state index contributed by atoms with van der Waals surface area (Å²) in [5.41, 5.74) is 0.689. The number of halogens is 1. The predicted molar refractivity (Wildman–Crippen MR) is 54.4 cm³/mol. The highest BCUT2D eigenvalue weighted by Gasteiger charge is 2.15. The summed E-state index contributed by atoms with van der Waals surface area (Å²) in [6.45, 7) is 0. The number of aromatic nitrogens is 2. The van der Waals surface area contributed by atoms with Crippen LogP contribution in [0.1, 0.15) is 10.7 Å². The molecule has 6 heteroatoms. The lowest BCUT2D eigenvalue weighted by molar-refractivity contribution is 0.0643. The van der Waals surface area contributed by atoms with E-state index in [1.54, 1.807) is 12.1 Å². The summed E-state index contributed by atoms with van der Waals surface area (Å²) in [6.07, 6.45) is 0. The molecule has 76 valence electrons. The minimum absolute atomic E-state index is 0.250. The molecule has 0 spiro atoms. The fourth-order valence-corrected chi connectivity index (χ4v) is 1.52. The number of hydrogen-bond donors (Lipinski definition) is 1. The van der Waals surface area contributed by atoms with Gasteiger partial charge in [0.15, 0.2) is 0 Å². The number of benzene rings is 1. The van der Waals surface area contributed by atoms with Crippen molar-refractivity contribution in [3.05, 3.63) is 34.6 Å². The number of aromatic carboxylic acids is 1. The summed E-state index contributed by atoms with van der Waals surface area (Å²) in [5.74, 6) is -1.40. The second-order valence-electron chi connectivity index (χ2n) is 2.71. The zero-order valence-corrected chi connectivity index (χ0v) is 8.93. The van der Waals surface area contributed by atoms with E-state index in [1.165, 1.54) is 0 Å². The van der Waals surface area contributed by atoms with Crippen molar-refractivity contribution in [2.75, 3.05) is 0 Å². The number of carbonyl (C=O) groups is 1. The number of carboxylic acids is 1. The van der Waals surface area contributed by atoms with Gasteiger partial charge in [0.05, 0.1) is 0 Å². The summed E-state index contributed by atoms with van der Waals surface area (Å²) >= 11 is 3.31. The third-order valence-electron chi connectivity index (χ3n) is 1.72. The monoisotopic (exact) mass is 268 g/mol. The number of nitrogens with zero attached hydrogens (tertiary/aromatic N) is 2. The first-order chi connectivity index (χ1) is 7.18. The van der Waals surface area contributed by atoms with Gasteiger partial charge in [-0.3, -0.25) is 0 Å². The SMILES string of the molecule is O=C(O)c1nc(-c2ccccc2Br)no1. The van der Waals surface area contributed by atoms with Gasteiger partial charge in [-0.2, -0.15) is 4.98 Å². The molecule has 0 saturated carbocycles. The predicted octanol–water partition coefficient (Wildman–Crippen LogP) is 2.20. The van der Waals surface area contributed by atoms with E-state index >= 15 is 0 Å². The summed E-state index contributed by atoms with van der Waals surface area (Å²) in [4.78, 5) is 14.3. The lowest BCUT2D eigenvalue weighted by atomic mass is 10.2. The van der Waals surface area contributed by atoms with Crippen molar-refractivity contribution in [1.82, 2.24) is 10.1 Å². The quantitative estimate of drug-likeness (QED) is 0.904. The molecule has 0 aliphatic rings. The van der Waals surface area contributed by atoms with Gasteiger partial charge in [0, 0.05) is 10.0 Å². The first kappa shape index (κ1) is 9.85. The lowest BCUT2D eigenvalue weighted by Crippen LogP contribution is -1.95. The maximum Gasteiger partial charge on any atom is 0.394 e. The second kappa shape index (κ2) is 3.82. The van der Waals surface area contributed by atoms with Gasteiger partial charge in [-0.25, -0.2) is 4.79 Å². The number of hydrogen-bond acceptors (Lipinski definition) is 4. The molecular weight excluding hydrogens is 264 g/mol. The molecule has 2 rings (SSSR count). The number of carboxylic acid groups (broad SMARTS) is 1. The highest BCUT2D eigenvalue weighted by atomic mass is 79.9. The van der Waals surface area contributed by atoms with E-state index in [2.05, 4.69) is 30.6 Å². The topological polar surface area (TPSA) is 76.2 Å². The maximum absolute atomic E-state index is 10.5. The van der Waals surface area contributed by atoms with Gasteiger partial charge in [-0.1, -0.05) is 33.2 Å². The van der Waals surface area contributed by atoms with Gasteiger partial charge in [0.25, 0.3) is 0 Å². The molecule has 0 amide bonds. The molecule has 0 aliphatic carbocycles. The van der Waals surface area contributed by atoms with Crippen LogP contribution >= 0.6 is 15.9 Å². The smallest absolute Gasteiger partial charge is 0.394 e. The molecule has 2 aromatic rings. The van der Waals surface area contributed by atoms with E-state index in [9.17, 15) is 4.79 Å². The second-order valence-corrected chi connectivity index (χ2v) is 3.56. The van der Waals surface area contributed by atoms with Crippen LogP contribution in [0.4, 0.5) is 0 Å². The van der Waals surface area contributed by atoms with Crippen LogP contribution in [-0.4, -0.2) is 21.2 Å². The van der Waals surface area contributed by atoms with Crippen molar-refractivity contribution >= 4 is 21.9 Å². The molecule has 0 bridgehead atoms. The average Bonchev–Trinajstić information content (AvgIpc) is 2.67. The van der Waals surface area contributed by atoms with Crippen molar-refractivity contribution < 1.29 is 14.4 Å². The lowest BCUT2D eigenvalue weighted by Gasteiger charge is -1.95. The summed E-state index contributed by atoms with van der Waals surface area (Å²) < 4.78 is 5.33. The van der Waals surface area contributed by atoms with Gasteiger partial charge in [-0.15, -0.1) is 0 Å². The van der Waals surface area contributed by atoms with Gasteiger partial charge in [0.1, 0.15) is 0 Å². The Kier molecular flexibility index (Phi) is 2.51. The molecule has 1 aromatic heterocycles. The minimum atomic E-state index is -1.24. The van der Waals surface area contributed by atoms with E-state index in [0.29, 0.717) is 5.56 Å². The van der Waals surface area contributed by atoms with E-state index in [4.69, 9.17) is 5.11 Å². The zero-order chi connectivity index (χ0) is 10.8. The largest absolute Gasteiger partial charge is 0.474 e. The fraction of sp³-hybridized carbons (Fsp3) is 0. The third-order valence-corrected chi connectivity index (χ3v) is 2.42. The van der Waals surface area contributed by atoms with Crippen LogP contribution in [0, 0.1) is 0 Å². The Bertz CT molecular complexity index is 510. The molecular formula is C9H5BrN2O3. The van der Waals surface area contributed by atoms with Gasteiger partial charge < -0.3 is 9.63 Å². The molecule has 15 heavy (non-hydrogen) atoms. The van der Waals surface area contributed by atoms with Gasteiger partial charge in [0.2, 0.25) is 5.82 Å². The van der Waals surface area contributed by atoms with Crippen molar-refractivity contribution in [2.45, 2.75) is 0 Å². The van der Waals surface area contributed by atoms with Crippen LogP contribution in [0.3, 0.4) is 0 Å². The molecule has 0 saturated heterocycles. The first-order valence-electron chi connectivity index (χ1n) is 4.00. The van der Waals surface area contributed by atoms with Gasteiger partial charge in [-0.05, 0) is 12.1 Å². The number of rotatable bonds is 2. The fourth-order valence-electron chi connectivity index (χ4n) is 1.06. The van der Waals surface area contributed by atoms with Crippen LogP contribution in [0.25, 0.3) is 11.4 Å². The molecule has 0 radical (unpaired) electrons. The zero-order valence-electron chi connectivity index (χ0n) is 7.35. The van der Waals surface area contributed by atoms with Crippen molar-refractivity contribution in [3.63, 3.8) is 0 Å². The Hall–Kier alpha value is -1.69. The Morgan fingerprint density at radius 1 is 1.40 bits per heavy atom. The van der Waals surface area contributed by atoms with E-state index in [1.807, 2.05) is 12.1 Å². The average molecular weight is 269 g/mol. The summed E-state index contributed by atoms with van der Waals surface area (Å²) in [5, 5.41) is 12.2. The van der Waals surface area contributed by atoms with E-state index in [-0.39, 0.29) is 5.82 Å². The van der Waals surface area contributed by atoms with E-state index in [0.717, 1.165) is 4.47 Å². The maximum atomic E-state index is 10.5. The first-order valence-corrected chi connectivity index (χ1v) is 4.79. The molecule has 0 atom stereocenters. The molecule has 0 fully saturated rings. The van der Waals surface area contributed by atoms with Crippen molar-refractivity contribution in [1.29, 1.82) is 0 Å². The Balaban J connectivity index is 2.46. The molecule has 5 nitrogen and oxygen atoms in total. The van der Waals surface area contributed by atoms with Crippen LogP contribution in [-0.2, 0) is 0 Å². The third kappa shape index (κ3) is 1.89.